The lowest BCUT2D eigenvalue weighted by Crippen LogP contribution is -2.31. The van der Waals surface area contributed by atoms with Crippen molar-refractivity contribution in [3.8, 4) is 0 Å². The lowest BCUT2D eigenvalue weighted by Gasteiger charge is -2.16. The Kier molecular flexibility index (Phi) is 3.85. The third kappa shape index (κ3) is 2.82. The van der Waals surface area contributed by atoms with Crippen molar-refractivity contribution < 1.29 is 23.6 Å². The average Bonchev–Trinajstić information content (AvgIpc) is 3.01. The van der Waals surface area contributed by atoms with E-state index in [-0.39, 0.29) is 18.8 Å². The second kappa shape index (κ2) is 5.54. The molecule has 0 aromatic carbocycles. The second-order valence-corrected chi connectivity index (χ2v) is 6.01. The Balaban J connectivity index is 1.89. The van der Waals surface area contributed by atoms with Crippen LogP contribution in [0.2, 0.25) is 0 Å². The van der Waals surface area contributed by atoms with E-state index in [1.54, 1.807) is 4.57 Å². The smallest absolute Gasteiger partial charge is 0.382 e. The maximum atomic E-state index is 11.0. The largest absolute Gasteiger partial charge is 0.469 e. The number of phosphoric acid groups is 1. The van der Waals surface area contributed by atoms with Gasteiger partial charge in [-0.15, -0.1) is 0 Å². The summed E-state index contributed by atoms with van der Waals surface area (Å²) in [5, 5.41) is 0. The molecule has 1 fully saturated rings. The number of fused-ring (bicyclic) bond motifs is 1. The maximum absolute atomic E-state index is 11.0. The molecule has 12 heteroatoms. The van der Waals surface area contributed by atoms with Gasteiger partial charge in [0.05, 0.1) is 12.4 Å². The first-order chi connectivity index (χ1) is 10.4. The first-order valence-corrected chi connectivity index (χ1v) is 7.94. The van der Waals surface area contributed by atoms with Crippen molar-refractivity contribution in [3.05, 3.63) is 12.7 Å². The number of aromatic nitrogens is 4. The van der Waals surface area contributed by atoms with E-state index in [2.05, 4.69) is 15.0 Å². The first-order valence-electron chi connectivity index (χ1n) is 6.41. The van der Waals surface area contributed by atoms with Gasteiger partial charge in [0.15, 0.2) is 11.5 Å². The highest BCUT2D eigenvalue weighted by atomic mass is 31.2. The van der Waals surface area contributed by atoms with Crippen LogP contribution < -0.4 is 11.5 Å². The molecule has 11 nitrogen and oxygen atoms in total. The lowest BCUT2D eigenvalue weighted by molar-refractivity contribution is -0.0115. The van der Waals surface area contributed by atoms with E-state index in [1.807, 2.05) is 0 Å². The summed E-state index contributed by atoms with van der Waals surface area (Å²) < 4.78 is 23.1. The number of nitrogen functional groups attached to an aromatic ring is 1. The zero-order valence-corrected chi connectivity index (χ0v) is 12.2. The fourth-order valence-corrected chi connectivity index (χ4v) is 3.02. The van der Waals surface area contributed by atoms with Gasteiger partial charge in [-0.2, -0.15) is 0 Å². The van der Waals surface area contributed by atoms with Gasteiger partial charge in [-0.3, -0.25) is 9.09 Å². The third-order valence-electron chi connectivity index (χ3n) is 3.38. The fraction of sp³-hybridized carbons (Fsp3) is 0.500. The van der Waals surface area contributed by atoms with Crippen molar-refractivity contribution in [3.63, 3.8) is 0 Å². The van der Waals surface area contributed by atoms with Crippen LogP contribution in [0.15, 0.2) is 12.7 Å². The number of nitrogens with two attached hydrogens (primary N) is 2. The minimum absolute atomic E-state index is 0.0604. The Morgan fingerprint density at radius 2 is 2.23 bits per heavy atom. The molecule has 22 heavy (non-hydrogen) atoms. The predicted molar refractivity (Wildman–Crippen MR) is 74.2 cm³/mol. The van der Waals surface area contributed by atoms with Gasteiger partial charge >= 0.3 is 7.82 Å². The van der Waals surface area contributed by atoms with Gasteiger partial charge < -0.3 is 26.0 Å². The molecule has 0 radical (unpaired) electrons. The van der Waals surface area contributed by atoms with Crippen LogP contribution in [0.1, 0.15) is 12.6 Å². The molecular formula is C10H15N6O5P. The zero-order valence-electron chi connectivity index (χ0n) is 11.3. The summed E-state index contributed by atoms with van der Waals surface area (Å²) in [7, 11) is -4.63. The average molecular weight is 330 g/mol. The molecule has 0 amide bonds. The fourth-order valence-electron chi connectivity index (χ4n) is 2.45. The Morgan fingerprint density at radius 3 is 2.91 bits per heavy atom. The summed E-state index contributed by atoms with van der Waals surface area (Å²) in [5.74, 6) is 0.236. The first kappa shape index (κ1) is 15.3. The van der Waals surface area contributed by atoms with Crippen LogP contribution in [0.3, 0.4) is 0 Å². The van der Waals surface area contributed by atoms with Crippen molar-refractivity contribution >= 4 is 24.8 Å². The molecule has 3 heterocycles. The van der Waals surface area contributed by atoms with Gasteiger partial charge in [-0.05, 0) is 0 Å². The van der Waals surface area contributed by atoms with Gasteiger partial charge in [0.1, 0.15) is 24.2 Å². The molecule has 1 aliphatic rings. The van der Waals surface area contributed by atoms with Crippen molar-refractivity contribution in [2.75, 3.05) is 12.3 Å². The van der Waals surface area contributed by atoms with Crippen LogP contribution in [-0.4, -0.2) is 48.1 Å². The standard InChI is InChI=1S/C10H15N6O5P/c11-2-6-5(21-22(17,18)19)1-7(20-6)16-4-15-8-9(12)13-3-14-10(8)16/h3-7H,1-2,11H2,(H2,12,13,14)(H2,17,18,19)/t5?,6-,7-/m1/s1. The van der Waals surface area contributed by atoms with E-state index in [0.29, 0.717) is 11.2 Å². The summed E-state index contributed by atoms with van der Waals surface area (Å²) in [6.45, 7) is 0.0604. The third-order valence-corrected chi connectivity index (χ3v) is 3.93. The van der Waals surface area contributed by atoms with Crippen molar-refractivity contribution in [2.24, 2.45) is 5.73 Å². The lowest BCUT2D eigenvalue weighted by atomic mass is 10.2. The Hall–Kier alpha value is -1.62. The molecular weight excluding hydrogens is 315 g/mol. The Bertz CT molecular complexity index is 732. The molecule has 2 aromatic heterocycles. The number of ether oxygens (including phenoxy) is 1. The molecule has 0 aliphatic carbocycles. The van der Waals surface area contributed by atoms with Gasteiger partial charge in [-0.25, -0.2) is 19.5 Å². The van der Waals surface area contributed by atoms with E-state index >= 15 is 0 Å². The summed E-state index contributed by atoms with van der Waals surface area (Å²) in [4.78, 5) is 30.0. The van der Waals surface area contributed by atoms with Crippen LogP contribution >= 0.6 is 7.82 Å². The van der Waals surface area contributed by atoms with E-state index in [1.165, 1.54) is 12.7 Å². The van der Waals surface area contributed by atoms with Gasteiger partial charge in [0.25, 0.3) is 0 Å². The molecule has 120 valence electrons. The maximum Gasteiger partial charge on any atom is 0.469 e. The highest BCUT2D eigenvalue weighted by Gasteiger charge is 2.40. The number of phosphoric ester groups is 1. The van der Waals surface area contributed by atoms with Crippen LogP contribution in [0.4, 0.5) is 5.82 Å². The molecule has 1 saturated heterocycles. The van der Waals surface area contributed by atoms with E-state index in [4.69, 9.17) is 30.5 Å². The van der Waals surface area contributed by atoms with E-state index in [0.717, 1.165) is 0 Å². The molecule has 3 atom stereocenters. The minimum atomic E-state index is -4.63. The van der Waals surface area contributed by atoms with E-state index < -0.39 is 26.3 Å². The number of nitrogens with zero attached hydrogens (tertiary/aromatic N) is 4. The Labute approximate surface area is 124 Å². The minimum Gasteiger partial charge on any atom is -0.382 e. The molecule has 1 aliphatic heterocycles. The van der Waals surface area contributed by atoms with Gasteiger partial charge in [-0.1, -0.05) is 0 Å². The van der Waals surface area contributed by atoms with Crippen LogP contribution in [0, 0.1) is 0 Å². The van der Waals surface area contributed by atoms with Gasteiger partial charge in [0.2, 0.25) is 0 Å². The molecule has 3 rings (SSSR count). The number of rotatable bonds is 4. The number of hydrogen-bond acceptors (Lipinski definition) is 8. The normalized spacial score (nSPS) is 25.9. The molecule has 1 unspecified atom stereocenters. The summed E-state index contributed by atoms with van der Waals surface area (Å²) >= 11 is 0. The predicted octanol–water partition coefficient (Wildman–Crippen LogP) is -0.867. The number of anilines is 1. The van der Waals surface area contributed by atoms with Gasteiger partial charge in [0, 0.05) is 13.0 Å². The highest BCUT2D eigenvalue weighted by Crippen LogP contribution is 2.43. The SMILES string of the molecule is NC[C@H]1O[C@@H](n2cnc3c(N)ncnc32)CC1OP(=O)(O)O. The monoisotopic (exact) mass is 330 g/mol. The Morgan fingerprint density at radius 1 is 1.45 bits per heavy atom. The molecule has 2 aromatic rings. The highest BCUT2D eigenvalue weighted by molar-refractivity contribution is 7.46. The topological polar surface area (TPSA) is 172 Å². The van der Waals surface area contributed by atoms with Crippen LogP contribution in [0.25, 0.3) is 11.2 Å². The molecule has 6 N–H and O–H groups in total. The van der Waals surface area contributed by atoms with Crippen LogP contribution in [0.5, 0.6) is 0 Å². The quantitative estimate of drug-likeness (QED) is 0.516. The summed E-state index contributed by atoms with van der Waals surface area (Å²) in [6.07, 6.45) is 0.941. The molecule has 0 saturated carbocycles. The van der Waals surface area contributed by atoms with E-state index in [9.17, 15) is 4.57 Å². The van der Waals surface area contributed by atoms with Crippen LogP contribution in [-0.2, 0) is 13.8 Å². The van der Waals surface area contributed by atoms with Crippen molar-refractivity contribution in [1.82, 2.24) is 19.5 Å². The number of imidazole rings is 1. The summed E-state index contributed by atoms with van der Waals surface area (Å²) in [6, 6.07) is 0. The zero-order chi connectivity index (χ0) is 15.9. The number of hydrogen-bond donors (Lipinski definition) is 4. The van der Waals surface area contributed by atoms with Crippen molar-refractivity contribution in [2.45, 2.75) is 24.9 Å². The second-order valence-electron chi connectivity index (χ2n) is 4.82. The van der Waals surface area contributed by atoms with Crippen molar-refractivity contribution in [1.29, 1.82) is 0 Å². The summed E-state index contributed by atoms with van der Waals surface area (Å²) in [5.41, 5.74) is 12.2. The molecule has 0 bridgehead atoms. The molecule has 0 spiro atoms.